The minimum Gasteiger partial charge on any atom is -0.479 e. The molecule has 2 aromatic rings. The van der Waals surface area contributed by atoms with E-state index in [4.69, 9.17) is 4.74 Å². The van der Waals surface area contributed by atoms with Gasteiger partial charge in [-0.05, 0) is 79.3 Å². The molecule has 212 valence electrons. The molecule has 1 atom stereocenters. The fraction of sp³-hybridized carbons (Fsp3) is 0.516. The molecule has 1 N–H and O–H groups in total. The zero-order valence-electron chi connectivity index (χ0n) is 23.1. The normalized spacial score (nSPS) is 16.9. The van der Waals surface area contributed by atoms with Gasteiger partial charge in [0.2, 0.25) is 5.91 Å². The van der Waals surface area contributed by atoms with Crippen molar-refractivity contribution in [3.05, 3.63) is 64.7 Å². The van der Waals surface area contributed by atoms with Gasteiger partial charge in [-0.15, -0.1) is 12.4 Å². The second kappa shape index (κ2) is 14.5. The Morgan fingerprint density at radius 1 is 1.00 bits per heavy atom. The molecule has 0 aliphatic carbocycles. The Kier molecular flexibility index (Phi) is 11.4. The molecule has 2 aliphatic rings. The number of Topliss-reactive ketones (excluding diaryl/α,β-unsaturated/α-hetero) is 1. The van der Waals surface area contributed by atoms with Crippen molar-refractivity contribution < 1.29 is 24.2 Å². The van der Waals surface area contributed by atoms with Gasteiger partial charge in [-0.2, -0.15) is 0 Å². The first-order chi connectivity index (χ1) is 18.3. The number of halogens is 1. The van der Waals surface area contributed by atoms with E-state index in [1.54, 1.807) is 19.9 Å². The molecular weight excluding hydrogens is 516 g/mol. The van der Waals surface area contributed by atoms with Gasteiger partial charge < -0.3 is 14.7 Å². The van der Waals surface area contributed by atoms with Gasteiger partial charge >= 0.3 is 5.97 Å². The molecule has 2 aliphatic heterocycles. The predicted octanol–water partition coefficient (Wildman–Crippen LogP) is 5.17. The van der Waals surface area contributed by atoms with Crippen LogP contribution in [0.1, 0.15) is 73.0 Å². The van der Waals surface area contributed by atoms with Crippen LogP contribution in [0.15, 0.2) is 42.5 Å². The van der Waals surface area contributed by atoms with Crippen molar-refractivity contribution in [1.29, 1.82) is 0 Å². The number of rotatable bonds is 10. The van der Waals surface area contributed by atoms with Gasteiger partial charge in [-0.3, -0.25) is 14.5 Å². The maximum atomic E-state index is 13.0. The Hall–Kier alpha value is -2.90. The highest BCUT2D eigenvalue weighted by Gasteiger charge is 2.22. The van der Waals surface area contributed by atoms with E-state index in [2.05, 4.69) is 17.0 Å². The highest BCUT2D eigenvalue weighted by atomic mass is 35.5. The number of ketones is 1. The third-order valence-corrected chi connectivity index (χ3v) is 7.99. The maximum absolute atomic E-state index is 13.0. The van der Waals surface area contributed by atoms with Crippen LogP contribution >= 0.6 is 12.4 Å². The van der Waals surface area contributed by atoms with Crippen LogP contribution in [0.5, 0.6) is 5.75 Å². The number of likely N-dealkylation sites (tertiary alicyclic amines) is 1. The minimum atomic E-state index is -0.948. The van der Waals surface area contributed by atoms with E-state index in [1.165, 1.54) is 11.1 Å². The Morgan fingerprint density at radius 3 is 2.38 bits per heavy atom. The second-order valence-electron chi connectivity index (χ2n) is 10.7. The highest BCUT2D eigenvalue weighted by molar-refractivity contribution is 5.96. The molecule has 0 saturated carbocycles. The van der Waals surface area contributed by atoms with Crippen LogP contribution < -0.4 is 4.74 Å². The van der Waals surface area contributed by atoms with Gasteiger partial charge in [0.05, 0.1) is 0 Å². The predicted molar refractivity (Wildman–Crippen MR) is 154 cm³/mol. The Balaban J connectivity index is 0.00000420. The summed E-state index contributed by atoms with van der Waals surface area (Å²) >= 11 is 0. The molecule has 4 rings (SSSR count). The molecule has 1 saturated heterocycles. The Morgan fingerprint density at radius 2 is 1.72 bits per heavy atom. The van der Waals surface area contributed by atoms with E-state index in [0.717, 1.165) is 76.0 Å². The Labute approximate surface area is 237 Å². The van der Waals surface area contributed by atoms with Crippen LogP contribution in [0.2, 0.25) is 0 Å². The van der Waals surface area contributed by atoms with E-state index in [-0.39, 0.29) is 24.1 Å². The first kappa shape index (κ1) is 30.6. The number of carboxylic acids is 1. The first-order valence-corrected chi connectivity index (χ1v) is 13.9. The second-order valence-corrected chi connectivity index (χ2v) is 10.7. The molecule has 2 aromatic carbocycles. The van der Waals surface area contributed by atoms with Crippen molar-refractivity contribution in [1.82, 2.24) is 9.80 Å². The number of amides is 1. The van der Waals surface area contributed by atoms with E-state index < -0.39 is 12.1 Å². The molecule has 39 heavy (non-hydrogen) atoms. The van der Waals surface area contributed by atoms with E-state index >= 15 is 0 Å². The number of carboxylic acid groups (broad SMARTS) is 1. The third kappa shape index (κ3) is 8.54. The van der Waals surface area contributed by atoms with Crippen molar-refractivity contribution in [2.45, 2.75) is 71.4 Å². The average molecular weight is 557 g/mol. The summed E-state index contributed by atoms with van der Waals surface area (Å²) in [7, 11) is 0. The standard InChI is InChI=1S/C31H40N2O5.ClH/c1-3-30(31(36)37)38-28-6-4-5-24(19-28)21-32-15-13-25-8-9-27(20-26(25)14-16-32)29(35)10-7-23-11-17-33(18-12-23)22(2)34;/h4-6,8-9,19-20,23,30H,3,7,10-18,21H2,1-2H3,(H,36,37);1H. The molecule has 2 heterocycles. The summed E-state index contributed by atoms with van der Waals surface area (Å²) < 4.78 is 5.67. The van der Waals surface area contributed by atoms with Crippen LogP contribution in [-0.2, 0) is 29.0 Å². The van der Waals surface area contributed by atoms with E-state index in [1.807, 2.05) is 29.2 Å². The summed E-state index contributed by atoms with van der Waals surface area (Å²) in [6.07, 6.45) is 4.84. The summed E-state index contributed by atoms with van der Waals surface area (Å²) in [5, 5.41) is 9.28. The van der Waals surface area contributed by atoms with Gasteiger partial charge in [0.15, 0.2) is 11.9 Å². The lowest BCUT2D eigenvalue weighted by molar-refractivity contribution is -0.145. The summed E-state index contributed by atoms with van der Waals surface area (Å²) in [5.74, 6) is 0.515. The van der Waals surface area contributed by atoms with Crippen molar-refractivity contribution >= 4 is 30.1 Å². The summed E-state index contributed by atoms with van der Waals surface area (Å²) in [6.45, 7) is 7.64. The van der Waals surface area contributed by atoms with Crippen LogP contribution in [0.3, 0.4) is 0 Å². The number of nitrogens with zero attached hydrogens (tertiary/aromatic N) is 2. The van der Waals surface area contributed by atoms with Gasteiger partial charge in [0.1, 0.15) is 5.75 Å². The molecule has 1 amide bonds. The van der Waals surface area contributed by atoms with Crippen LogP contribution in [0.4, 0.5) is 0 Å². The monoisotopic (exact) mass is 556 g/mol. The minimum absolute atomic E-state index is 0. The molecule has 0 spiro atoms. The molecule has 0 bridgehead atoms. The molecule has 1 fully saturated rings. The lowest BCUT2D eigenvalue weighted by atomic mass is 9.89. The number of hydrogen-bond donors (Lipinski definition) is 1. The van der Waals surface area contributed by atoms with E-state index in [0.29, 0.717) is 24.5 Å². The molecule has 7 nitrogen and oxygen atoms in total. The number of carbonyl (C=O) groups is 3. The number of hydrogen-bond acceptors (Lipinski definition) is 5. The topological polar surface area (TPSA) is 87.2 Å². The molecule has 0 radical (unpaired) electrons. The fourth-order valence-electron chi connectivity index (χ4n) is 5.57. The number of benzene rings is 2. The lowest BCUT2D eigenvalue weighted by Crippen LogP contribution is -2.37. The molecular formula is C31H41ClN2O5. The summed E-state index contributed by atoms with van der Waals surface area (Å²) in [5.41, 5.74) is 4.48. The zero-order valence-corrected chi connectivity index (χ0v) is 23.9. The number of aliphatic carboxylic acids is 1. The molecule has 1 unspecified atom stereocenters. The smallest absolute Gasteiger partial charge is 0.344 e. The van der Waals surface area contributed by atoms with Gasteiger partial charge in [0, 0.05) is 51.6 Å². The quantitative estimate of drug-likeness (QED) is 0.406. The van der Waals surface area contributed by atoms with Gasteiger partial charge in [-0.25, -0.2) is 4.79 Å². The van der Waals surface area contributed by atoms with Crippen LogP contribution in [0, 0.1) is 5.92 Å². The SMILES string of the molecule is CCC(Oc1cccc(CN2CCc3ccc(C(=O)CCC4CCN(C(C)=O)CC4)cc3CC2)c1)C(=O)O.Cl. The third-order valence-electron chi connectivity index (χ3n) is 7.99. The highest BCUT2D eigenvalue weighted by Crippen LogP contribution is 2.25. The molecule has 8 heteroatoms. The first-order valence-electron chi connectivity index (χ1n) is 13.9. The summed E-state index contributed by atoms with van der Waals surface area (Å²) in [6, 6.07) is 13.9. The number of piperidine rings is 1. The van der Waals surface area contributed by atoms with Crippen molar-refractivity contribution in [2.75, 3.05) is 26.2 Å². The van der Waals surface area contributed by atoms with Crippen molar-refractivity contribution in [3.63, 3.8) is 0 Å². The van der Waals surface area contributed by atoms with Crippen LogP contribution in [-0.4, -0.2) is 64.8 Å². The zero-order chi connectivity index (χ0) is 27.1. The van der Waals surface area contributed by atoms with Crippen molar-refractivity contribution in [2.24, 2.45) is 5.92 Å². The lowest BCUT2D eigenvalue weighted by Gasteiger charge is -2.31. The van der Waals surface area contributed by atoms with Gasteiger partial charge in [-0.1, -0.05) is 31.2 Å². The van der Waals surface area contributed by atoms with Gasteiger partial charge in [0.25, 0.3) is 0 Å². The fourth-order valence-corrected chi connectivity index (χ4v) is 5.57. The molecule has 0 aromatic heterocycles. The van der Waals surface area contributed by atoms with Crippen LogP contribution in [0.25, 0.3) is 0 Å². The summed E-state index contributed by atoms with van der Waals surface area (Å²) in [4.78, 5) is 40.2. The Bertz CT molecular complexity index is 1150. The number of carbonyl (C=O) groups excluding carboxylic acids is 2. The maximum Gasteiger partial charge on any atom is 0.344 e. The number of ether oxygens (including phenoxy) is 1. The van der Waals surface area contributed by atoms with E-state index in [9.17, 15) is 19.5 Å². The van der Waals surface area contributed by atoms with Crippen molar-refractivity contribution in [3.8, 4) is 5.75 Å². The number of fused-ring (bicyclic) bond motifs is 1. The average Bonchev–Trinajstić information content (AvgIpc) is 3.12. The largest absolute Gasteiger partial charge is 0.479 e.